The molecule has 4 aromatic rings. The third kappa shape index (κ3) is 6.05. The van der Waals surface area contributed by atoms with E-state index >= 15 is 0 Å². The van der Waals surface area contributed by atoms with Crippen LogP contribution in [-0.4, -0.2) is 48.8 Å². The van der Waals surface area contributed by atoms with Crippen LogP contribution in [0.15, 0.2) is 72.8 Å². The summed E-state index contributed by atoms with van der Waals surface area (Å²) in [5, 5.41) is 7.13. The van der Waals surface area contributed by atoms with Crippen molar-refractivity contribution < 1.29 is 19.2 Å². The number of carbonyl (C=O) groups is 4. The molecule has 2 fully saturated rings. The van der Waals surface area contributed by atoms with Gasteiger partial charge in [0.15, 0.2) is 0 Å². The van der Waals surface area contributed by atoms with E-state index in [4.69, 9.17) is 23.2 Å². The van der Waals surface area contributed by atoms with Crippen LogP contribution in [0.3, 0.4) is 0 Å². The van der Waals surface area contributed by atoms with Crippen molar-refractivity contribution in [3.05, 3.63) is 94.0 Å². The van der Waals surface area contributed by atoms with E-state index in [9.17, 15) is 19.2 Å². The third-order valence-corrected chi connectivity index (χ3v) is 11.3. The largest absolute Gasteiger partial charge is 0.352 e. The Hall–Kier alpha value is -4.66. The van der Waals surface area contributed by atoms with Gasteiger partial charge in [0.2, 0.25) is 23.6 Å². The second-order valence-electron chi connectivity index (χ2n) is 13.6. The van der Waals surface area contributed by atoms with Crippen LogP contribution >= 0.6 is 23.2 Å². The van der Waals surface area contributed by atoms with Crippen molar-refractivity contribution in [2.24, 2.45) is 0 Å². The first kappa shape index (κ1) is 32.5. The number of rotatable bonds is 7. The zero-order valence-electron chi connectivity index (χ0n) is 27.4. The number of amides is 4. The molecule has 50 heavy (non-hydrogen) atoms. The fraction of sp³-hybridized carbons (Fsp3) is 0.300. The molecule has 0 spiro atoms. The summed E-state index contributed by atoms with van der Waals surface area (Å²) in [4.78, 5) is 53.0. The lowest BCUT2D eigenvalue weighted by atomic mass is 9.92. The van der Waals surface area contributed by atoms with Gasteiger partial charge in [-0.1, -0.05) is 71.7 Å². The van der Waals surface area contributed by atoms with Crippen LogP contribution in [0, 0.1) is 0 Å². The van der Waals surface area contributed by atoms with Gasteiger partial charge in [0.1, 0.15) is 0 Å². The molecule has 2 N–H and O–H groups in total. The van der Waals surface area contributed by atoms with E-state index in [-0.39, 0.29) is 35.7 Å². The van der Waals surface area contributed by atoms with Gasteiger partial charge in [0, 0.05) is 84.5 Å². The maximum absolute atomic E-state index is 12.9. The summed E-state index contributed by atoms with van der Waals surface area (Å²) >= 11 is 14.4. The lowest BCUT2D eigenvalue weighted by Crippen LogP contribution is -2.44. The molecule has 4 aromatic carbocycles. The molecule has 4 aliphatic rings. The van der Waals surface area contributed by atoms with Crippen LogP contribution in [0.4, 0.5) is 11.4 Å². The van der Waals surface area contributed by atoms with Gasteiger partial charge in [0.05, 0.1) is 10.0 Å². The van der Waals surface area contributed by atoms with Gasteiger partial charge >= 0.3 is 0 Å². The van der Waals surface area contributed by atoms with E-state index in [0.29, 0.717) is 61.7 Å². The Balaban J connectivity index is 1.08. The van der Waals surface area contributed by atoms with Crippen molar-refractivity contribution in [1.82, 2.24) is 10.6 Å². The molecule has 0 aromatic heterocycles. The quantitative estimate of drug-likeness (QED) is 0.214. The van der Waals surface area contributed by atoms with E-state index < -0.39 is 0 Å². The second kappa shape index (κ2) is 13.2. The summed E-state index contributed by atoms with van der Waals surface area (Å²) in [5.74, 6) is 0.222. The van der Waals surface area contributed by atoms with Gasteiger partial charge in [-0.25, -0.2) is 0 Å². The van der Waals surface area contributed by atoms with Gasteiger partial charge in [-0.3, -0.25) is 19.2 Å². The van der Waals surface area contributed by atoms with E-state index in [1.807, 2.05) is 70.5 Å². The first-order valence-corrected chi connectivity index (χ1v) is 18.0. The third-order valence-electron chi connectivity index (χ3n) is 10.4. The molecule has 0 bridgehead atoms. The van der Waals surface area contributed by atoms with E-state index in [1.165, 1.54) is 0 Å². The van der Waals surface area contributed by atoms with Crippen LogP contribution in [0.1, 0.15) is 49.7 Å². The number of hydrogen-bond acceptors (Lipinski definition) is 4. The molecule has 0 radical (unpaired) electrons. The summed E-state index contributed by atoms with van der Waals surface area (Å²) in [6.07, 6.45) is 4.59. The van der Waals surface area contributed by atoms with Crippen LogP contribution in [-0.2, 0) is 32.0 Å². The van der Waals surface area contributed by atoms with Crippen LogP contribution in [0.2, 0.25) is 10.0 Å². The Bertz CT molecular complexity index is 1930. The van der Waals surface area contributed by atoms with Crippen LogP contribution in [0.5, 0.6) is 0 Å². The molecule has 0 unspecified atom stereocenters. The molecular formula is C40H36Cl2N4O4. The maximum atomic E-state index is 12.9. The highest BCUT2D eigenvalue weighted by molar-refractivity contribution is 6.39. The molecular weight excluding hydrogens is 671 g/mol. The number of hydrogen-bond donors (Lipinski definition) is 2. The topological polar surface area (TPSA) is 98.8 Å². The minimum absolute atomic E-state index is 0.0314. The molecule has 0 saturated carbocycles. The average molecular weight is 708 g/mol. The molecule has 8 nitrogen and oxygen atoms in total. The summed E-state index contributed by atoms with van der Waals surface area (Å²) in [7, 11) is 0. The Morgan fingerprint density at radius 1 is 0.540 bits per heavy atom. The fourth-order valence-corrected chi connectivity index (χ4v) is 8.52. The maximum Gasteiger partial charge on any atom is 0.227 e. The number of benzene rings is 4. The number of aryl methyl sites for hydroxylation is 2. The standard InChI is InChI=1S/C40H36Cl2N4O4/c41-39-29(23-7-13-33-25(19-23)9-17-37(49)45(33)21-27-11-15-35(47)43-27)3-1-5-31(39)32-6-2-4-30(40(32)42)24-8-14-34-26(20-24)10-18-38(50)46(34)22-28-12-16-36(48)44-28/h1-8,13-14,19-20,27-28H,9-12,15-18,21-22H2,(H,43,47)(H,44,48)/t27-,28-/m0/s1. The van der Waals surface area contributed by atoms with Gasteiger partial charge in [-0.2, -0.15) is 0 Å². The van der Waals surface area contributed by atoms with Gasteiger partial charge < -0.3 is 20.4 Å². The Kier molecular flexibility index (Phi) is 8.61. The Morgan fingerprint density at radius 2 is 0.960 bits per heavy atom. The summed E-state index contributed by atoms with van der Waals surface area (Å²) in [5.41, 5.74) is 9.21. The lowest BCUT2D eigenvalue weighted by Gasteiger charge is -2.32. The smallest absolute Gasteiger partial charge is 0.227 e. The molecule has 0 aliphatic carbocycles. The van der Waals surface area contributed by atoms with Gasteiger partial charge in [0.25, 0.3) is 0 Å². The average Bonchev–Trinajstić information content (AvgIpc) is 3.73. The van der Waals surface area contributed by atoms with E-state index in [0.717, 1.165) is 68.7 Å². The Labute approximate surface area is 300 Å². The van der Waals surface area contributed by atoms with Crippen molar-refractivity contribution in [3.8, 4) is 33.4 Å². The minimum Gasteiger partial charge on any atom is -0.352 e. The minimum atomic E-state index is -0.0314. The second-order valence-corrected chi connectivity index (χ2v) is 14.4. The van der Waals surface area contributed by atoms with E-state index in [2.05, 4.69) is 22.8 Å². The zero-order valence-corrected chi connectivity index (χ0v) is 28.9. The van der Waals surface area contributed by atoms with Gasteiger partial charge in [-0.15, -0.1) is 0 Å². The first-order valence-electron chi connectivity index (χ1n) is 17.3. The highest BCUT2D eigenvalue weighted by atomic mass is 35.5. The Morgan fingerprint density at radius 3 is 1.36 bits per heavy atom. The highest BCUT2D eigenvalue weighted by Crippen LogP contribution is 2.44. The molecule has 2 atom stereocenters. The number of fused-ring (bicyclic) bond motifs is 2. The normalized spacial score (nSPS) is 20.1. The van der Waals surface area contributed by atoms with Crippen molar-refractivity contribution in [2.45, 2.75) is 63.5 Å². The lowest BCUT2D eigenvalue weighted by molar-refractivity contribution is -0.120. The van der Waals surface area contributed by atoms with Crippen LogP contribution in [0.25, 0.3) is 33.4 Å². The molecule has 4 amide bonds. The van der Waals surface area contributed by atoms with Crippen molar-refractivity contribution >= 4 is 58.2 Å². The predicted octanol–water partition coefficient (Wildman–Crippen LogP) is 7.11. The van der Waals surface area contributed by atoms with Gasteiger partial charge in [-0.05, 0) is 72.2 Å². The number of carbonyl (C=O) groups excluding carboxylic acids is 4. The van der Waals surface area contributed by atoms with Crippen molar-refractivity contribution in [3.63, 3.8) is 0 Å². The summed E-state index contributed by atoms with van der Waals surface area (Å²) < 4.78 is 0. The number of nitrogens with zero attached hydrogens (tertiary/aromatic N) is 2. The summed E-state index contributed by atoms with van der Waals surface area (Å²) in [6, 6.07) is 24.1. The van der Waals surface area contributed by atoms with Crippen molar-refractivity contribution in [1.29, 1.82) is 0 Å². The molecule has 10 heteroatoms. The molecule has 2 saturated heterocycles. The molecule has 254 valence electrons. The number of nitrogens with one attached hydrogen (secondary N) is 2. The molecule has 4 aliphatic heterocycles. The van der Waals surface area contributed by atoms with Crippen LogP contribution < -0.4 is 20.4 Å². The first-order chi connectivity index (χ1) is 24.2. The predicted molar refractivity (Wildman–Crippen MR) is 196 cm³/mol. The van der Waals surface area contributed by atoms with E-state index in [1.54, 1.807) is 0 Å². The highest BCUT2D eigenvalue weighted by Gasteiger charge is 2.32. The fourth-order valence-electron chi connectivity index (χ4n) is 7.85. The number of halogens is 2. The zero-order chi connectivity index (χ0) is 34.5. The molecule has 4 heterocycles. The summed E-state index contributed by atoms with van der Waals surface area (Å²) in [6.45, 7) is 0.950. The monoisotopic (exact) mass is 706 g/mol. The molecule has 8 rings (SSSR count). The SMILES string of the molecule is O=C1CC[C@@H](CN2C(=O)CCc3cc(-c4cccc(-c5cccc(-c6ccc7c(c6)CCC(=O)N7C[C@@H]6CCC(=O)N6)c5Cl)c4Cl)ccc32)N1. The number of anilines is 2. The van der Waals surface area contributed by atoms with Crippen molar-refractivity contribution in [2.75, 3.05) is 22.9 Å².